The number of ether oxygens (including phenoxy) is 2. The largest absolute Gasteiger partial charge is 0.444 e. The minimum atomic E-state index is -4.23. The molecular formula is C14H24F3NO3. The molecule has 0 aromatic rings. The number of hydrogen-bond donors (Lipinski definition) is 0. The van der Waals surface area contributed by atoms with Crippen molar-refractivity contribution in [2.75, 3.05) is 26.8 Å². The molecule has 0 atom stereocenters. The second kappa shape index (κ2) is 6.42. The predicted octanol–water partition coefficient (Wildman–Crippen LogP) is 3.60. The van der Waals surface area contributed by atoms with E-state index >= 15 is 0 Å². The fraction of sp³-hybridized carbons (Fsp3) is 0.929. The summed E-state index contributed by atoms with van der Waals surface area (Å²) in [5.74, 6) is 0. The van der Waals surface area contributed by atoms with Gasteiger partial charge >= 0.3 is 12.3 Å². The monoisotopic (exact) mass is 311 g/mol. The summed E-state index contributed by atoms with van der Waals surface area (Å²) in [6.45, 7) is 5.84. The molecule has 1 aliphatic rings. The highest BCUT2D eigenvalue weighted by atomic mass is 19.4. The van der Waals surface area contributed by atoms with E-state index in [0.29, 0.717) is 0 Å². The second-order valence-corrected chi connectivity index (χ2v) is 6.69. The Balaban J connectivity index is 2.64. The third-order valence-corrected chi connectivity index (χ3v) is 3.50. The molecule has 0 aliphatic carbocycles. The molecule has 1 aliphatic heterocycles. The molecular weight excluding hydrogens is 287 g/mol. The van der Waals surface area contributed by atoms with Crippen molar-refractivity contribution in [1.29, 1.82) is 0 Å². The summed E-state index contributed by atoms with van der Waals surface area (Å²) in [5, 5.41) is 0. The molecule has 0 aromatic carbocycles. The molecule has 0 saturated carbocycles. The van der Waals surface area contributed by atoms with Crippen LogP contribution >= 0.6 is 0 Å². The summed E-state index contributed by atoms with van der Waals surface area (Å²) in [5.41, 5.74) is -1.55. The van der Waals surface area contributed by atoms with Gasteiger partial charge in [-0.05, 0) is 33.6 Å². The molecule has 7 heteroatoms. The van der Waals surface area contributed by atoms with Crippen molar-refractivity contribution < 1.29 is 27.4 Å². The van der Waals surface area contributed by atoms with Crippen molar-refractivity contribution in [1.82, 2.24) is 4.90 Å². The number of carbonyl (C=O) groups is 1. The van der Waals surface area contributed by atoms with Gasteiger partial charge in [-0.15, -0.1) is 0 Å². The smallest absolute Gasteiger partial charge is 0.410 e. The highest BCUT2D eigenvalue weighted by Gasteiger charge is 2.45. The Hall–Kier alpha value is -0.980. The first-order chi connectivity index (χ1) is 9.46. The Morgan fingerprint density at radius 1 is 1.19 bits per heavy atom. The lowest BCUT2D eigenvalue weighted by Gasteiger charge is -2.41. The van der Waals surface area contributed by atoms with E-state index in [1.165, 1.54) is 12.0 Å². The highest BCUT2D eigenvalue weighted by molar-refractivity contribution is 5.68. The summed E-state index contributed by atoms with van der Waals surface area (Å²) < 4.78 is 48.4. The van der Waals surface area contributed by atoms with Crippen LogP contribution in [0.5, 0.6) is 0 Å². The molecule has 1 rings (SSSR count). The first kappa shape index (κ1) is 18.1. The lowest BCUT2D eigenvalue weighted by Crippen LogP contribution is -2.47. The lowest BCUT2D eigenvalue weighted by molar-refractivity contribution is -0.172. The SMILES string of the molecule is COCC1(CC(F)(F)F)CCN(C(=O)OC(C)(C)C)CC1. The Labute approximate surface area is 123 Å². The van der Waals surface area contributed by atoms with Crippen LogP contribution in [0, 0.1) is 5.41 Å². The molecule has 0 aromatic heterocycles. The Kier molecular flexibility index (Phi) is 5.52. The Bertz CT molecular complexity index is 355. The van der Waals surface area contributed by atoms with Crippen molar-refractivity contribution in [3.05, 3.63) is 0 Å². The van der Waals surface area contributed by atoms with Gasteiger partial charge < -0.3 is 14.4 Å². The van der Waals surface area contributed by atoms with E-state index in [1.807, 2.05) is 0 Å². The van der Waals surface area contributed by atoms with Crippen LogP contribution in [-0.2, 0) is 9.47 Å². The zero-order chi connectivity index (χ0) is 16.3. The van der Waals surface area contributed by atoms with Gasteiger partial charge in [-0.3, -0.25) is 0 Å². The minimum absolute atomic E-state index is 0.0503. The van der Waals surface area contributed by atoms with Gasteiger partial charge in [-0.25, -0.2) is 4.79 Å². The number of carbonyl (C=O) groups excluding carboxylic acids is 1. The van der Waals surface area contributed by atoms with Gasteiger partial charge in [0.1, 0.15) is 5.60 Å². The third kappa shape index (κ3) is 6.11. The van der Waals surface area contributed by atoms with E-state index < -0.39 is 29.7 Å². The zero-order valence-corrected chi connectivity index (χ0v) is 13.0. The standard InChI is InChI=1S/C14H24F3NO3/c1-12(2,3)21-11(19)18-7-5-13(6-8-18,10-20-4)9-14(15,16)17/h5-10H2,1-4H3. The molecule has 1 heterocycles. The van der Waals surface area contributed by atoms with Crippen LogP contribution in [-0.4, -0.2) is 49.6 Å². The summed E-state index contributed by atoms with van der Waals surface area (Å²) in [6.07, 6.45) is -5.05. The van der Waals surface area contributed by atoms with Gasteiger partial charge in [-0.2, -0.15) is 13.2 Å². The molecule has 0 radical (unpaired) electrons. The van der Waals surface area contributed by atoms with Crippen molar-refractivity contribution in [2.24, 2.45) is 5.41 Å². The van der Waals surface area contributed by atoms with Gasteiger partial charge in [0.15, 0.2) is 0 Å². The first-order valence-electron chi connectivity index (χ1n) is 7.00. The van der Waals surface area contributed by atoms with E-state index in [9.17, 15) is 18.0 Å². The van der Waals surface area contributed by atoms with E-state index in [4.69, 9.17) is 9.47 Å². The Morgan fingerprint density at radius 3 is 2.10 bits per heavy atom. The molecule has 4 nitrogen and oxygen atoms in total. The maximum absolute atomic E-state index is 12.7. The molecule has 0 bridgehead atoms. The summed E-state index contributed by atoms with van der Waals surface area (Å²) in [4.78, 5) is 13.4. The third-order valence-electron chi connectivity index (χ3n) is 3.50. The number of hydrogen-bond acceptors (Lipinski definition) is 3. The molecule has 124 valence electrons. The summed E-state index contributed by atoms with van der Waals surface area (Å²) in [7, 11) is 1.40. The fourth-order valence-corrected chi connectivity index (χ4v) is 2.59. The van der Waals surface area contributed by atoms with Crippen LogP contribution in [0.4, 0.5) is 18.0 Å². The van der Waals surface area contributed by atoms with Crippen LogP contribution in [0.15, 0.2) is 0 Å². The van der Waals surface area contributed by atoms with Gasteiger partial charge in [0.2, 0.25) is 0 Å². The van der Waals surface area contributed by atoms with Crippen LogP contribution in [0.1, 0.15) is 40.0 Å². The number of rotatable bonds is 3. The highest BCUT2D eigenvalue weighted by Crippen LogP contribution is 2.42. The van der Waals surface area contributed by atoms with E-state index in [1.54, 1.807) is 20.8 Å². The van der Waals surface area contributed by atoms with Gasteiger partial charge in [0.05, 0.1) is 13.0 Å². The van der Waals surface area contributed by atoms with Crippen LogP contribution in [0.2, 0.25) is 0 Å². The molecule has 0 spiro atoms. The second-order valence-electron chi connectivity index (χ2n) is 6.69. The normalized spacial score (nSPS) is 19.5. The molecule has 1 saturated heterocycles. The van der Waals surface area contributed by atoms with Crippen molar-refractivity contribution in [3.8, 4) is 0 Å². The Morgan fingerprint density at radius 2 is 1.71 bits per heavy atom. The number of methoxy groups -OCH3 is 1. The first-order valence-corrected chi connectivity index (χ1v) is 7.00. The van der Waals surface area contributed by atoms with E-state index in [0.717, 1.165) is 0 Å². The van der Waals surface area contributed by atoms with Gasteiger partial charge in [0, 0.05) is 25.6 Å². The quantitative estimate of drug-likeness (QED) is 0.799. The zero-order valence-electron chi connectivity index (χ0n) is 13.0. The van der Waals surface area contributed by atoms with Crippen LogP contribution in [0.25, 0.3) is 0 Å². The van der Waals surface area contributed by atoms with E-state index in [-0.39, 0.29) is 32.5 Å². The van der Waals surface area contributed by atoms with Crippen molar-refractivity contribution in [2.45, 2.75) is 51.8 Å². The van der Waals surface area contributed by atoms with Crippen LogP contribution in [0.3, 0.4) is 0 Å². The average Bonchev–Trinajstić information content (AvgIpc) is 2.25. The average molecular weight is 311 g/mol. The molecule has 1 amide bonds. The lowest BCUT2D eigenvalue weighted by atomic mass is 9.76. The fourth-order valence-electron chi connectivity index (χ4n) is 2.59. The summed E-state index contributed by atoms with van der Waals surface area (Å²) >= 11 is 0. The minimum Gasteiger partial charge on any atom is -0.444 e. The number of nitrogens with zero attached hydrogens (tertiary/aromatic N) is 1. The number of amides is 1. The number of halogens is 3. The molecule has 0 unspecified atom stereocenters. The molecule has 1 fully saturated rings. The van der Waals surface area contributed by atoms with Gasteiger partial charge in [-0.1, -0.05) is 0 Å². The number of piperidine rings is 1. The van der Waals surface area contributed by atoms with Crippen molar-refractivity contribution in [3.63, 3.8) is 0 Å². The number of alkyl halides is 3. The maximum atomic E-state index is 12.7. The van der Waals surface area contributed by atoms with E-state index in [2.05, 4.69) is 0 Å². The van der Waals surface area contributed by atoms with Crippen LogP contribution < -0.4 is 0 Å². The maximum Gasteiger partial charge on any atom is 0.410 e. The topological polar surface area (TPSA) is 38.8 Å². The summed E-state index contributed by atoms with van der Waals surface area (Å²) in [6, 6.07) is 0. The molecule has 21 heavy (non-hydrogen) atoms. The predicted molar refractivity (Wildman–Crippen MR) is 72.0 cm³/mol. The number of likely N-dealkylation sites (tertiary alicyclic amines) is 1. The molecule has 0 N–H and O–H groups in total. The van der Waals surface area contributed by atoms with Crippen molar-refractivity contribution >= 4 is 6.09 Å². The van der Waals surface area contributed by atoms with Gasteiger partial charge in [0.25, 0.3) is 0 Å².